The van der Waals surface area contributed by atoms with Crippen molar-refractivity contribution in [2.75, 3.05) is 19.8 Å². The summed E-state index contributed by atoms with van der Waals surface area (Å²) in [5, 5.41) is 2.34. The molecule has 0 unspecified atom stereocenters. The summed E-state index contributed by atoms with van der Waals surface area (Å²) in [6, 6.07) is 0.336. The Balaban J connectivity index is 2.15. The summed E-state index contributed by atoms with van der Waals surface area (Å²) in [4.78, 5) is 11.6. The molecule has 1 aliphatic rings. The highest BCUT2D eigenvalue weighted by molar-refractivity contribution is 5.94. The second-order valence-electron chi connectivity index (χ2n) is 4.83. The Kier molecular flexibility index (Phi) is 3.49. The first-order valence-corrected chi connectivity index (χ1v) is 5.53. The Morgan fingerprint density at radius 3 is 2.42 bits per heavy atom. The van der Waals surface area contributed by atoms with Gasteiger partial charge in [-0.1, -0.05) is 6.92 Å². The Morgan fingerprint density at radius 1 is 1.26 bits per heavy atom. The normalized spacial score (nSPS) is 16.9. The fourth-order valence-electron chi connectivity index (χ4n) is 1.68. The lowest BCUT2D eigenvalue weighted by Crippen LogP contribution is -2.48. The molecule has 7 heteroatoms. The third-order valence-corrected chi connectivity index (χ3v) is 2.92. The number of carbonyl (C=O) groups excluding carboxylic acids is 1. The predicted octanol–water partition coefficient (Wildman–Crippen LogP) is 2.01. The maximum atomic E-state index is 13.3. The van der Waals surface area contributed by atoms with E-state index >= 15 is 0 Å². The minimum Gasteiger partial charge on any atom is -0.380 e. The predicted molar refractivity (Wildman–Crippen MR) is 57.5 cm³/mol. The van der Waals surface area contributed by atoms with Crippen molar-refractivity contribution in [2.45, 2.75) is 6.92 Å². The van der Waals surface area contributed by atoms with E-state index in [9.17, 15) is 22.4 Å². The summed E-state index contributed by atoms with van der Waals surface area (Å²) in [6.07, 6.45) is 0. The van der Waals surface area contributed by atoms with E-state index in [4.69, 9.17) is 4.74 Å². The molecule has 0 atom stereocenters. The number of ether oxygens (including phenoxy) is 1. The Labute approximate surface area is 106 Å². The molecule has 1 aromatic rings. The molecule has 3 nitrogen and oxygen atoms in total. The number of halogens is 4. The lowest BCUT2D eigenvalue weighted by molar-refractivity contribution is -0.0978. The number of rotatable bonds is 3. The van der Waals surface area contributed by atoms with Gasteiger partial charge in [0.1, 0.15) is 0 Å². The van der Waals surface area contributed by atoms with Gasteiger partial charge >= 0.3 is 0 Å². The van der Waals surface area contributed by atoms with Crippen LogP contribution in [-0.4, -0.2) is 25.7 Å². The molecule has 1 N–H and O–H groups in total. The van der Waals surface area contributed by atoms with Gasteiger partial charge in [-0.15, -0.1) is 0 Å². The molecule has 1 saturated heterocycles. The summed E-state index contributed by atoms with van der Waals surface area (Å²) < 4.78 is 57.0. The SMILES string of the molecule is CC1(CNC(=O)c2cc(F)c(F)c(F)c2F)COC1. The largest absolute Gasteiger partial charge is 0.380 e. The van der Waals surface area contributed by atoms with Gasteiger partial charge in [0.2, 0.25) is 0 Å². The van der Waals surface area contributed by atoms with Crippen molar-refractivity contribution in [3.63, 3.8) is 0 Å². The molecule has 1 amide bonds. The van der Waals surface area contributed by atoms with E-state index in [1.165, 1.54) is 0 Å². The van der Waals surface area contributed by atoms with Crippen molar-refractivity contribution in [3.05, 3.63) is 34.9 Å². The summed E-state index contributed by atoms with van der Waals surface area (Å²) >= 11 is 0. The minimum absolute atomic E-state index is 0.173. The van der Waals surface area contributed by atoms with E-state index in [2.05, 4.69) is 5.32 Å². The molecule has 1 aliphatic heterocycles. The molecule has 0 saturated carbocycles. The maximum Gasteiger partial charge on any atom is 0.254 e. The van der Waals surface area contributed by atoms with Crippen LogP contribution in [0.15, 0.2) is 6.07 Å². The van der Waals surface area contributed by atoms with Crippen molar-refractivity contribution in [1.29, 1.82) is 0 Å². The molecule has 0 bridgehead atoms. The topological polar surface area (TPSA) is 38.3 Å². The molecular formula is C12H11F4NO2. The highest BCUT2D eigenvalue weighted by atomic mass is 19.2. The molecule has 0 aromatic heterocycles. The van der Waals surface area contributed by atoms with Crippen LogP contribution in [0.4, 0.5) is 17.6 Å². The summed E-state index contributed by atoms with van der Waals surface area (Å²) in [5.41, 5.74) is -1.14. The van der Waals surface area contributed by atoms with Crippen LogP contribution in [0.2, 0.25) is 0 Å². The van der Waals surface area contributed by atoms with E-state index in [1.807, 2.05) is 6.92 Å². The number of hydrogen-bond acceptors (Lipinski definition) is 2. The molecule has 0 radical (unpaired) electrons. The van der Waals surface area contributed by atoms with Gasteiger partial charge in [-0.2, -0.15) is 0 Å². The van der Waals surface area contributed by atoms with Crippen molar-refractivity contribution >= 4 is 5.91 Å². The lowest BCUT2D eigenvalue weighted by atomic mass is 9.88. The third-order valence-electron chi connectivity index (χ3n) is 2.92. The zero-order valence-electron chi connectivity index (χ0n) is 10.0. The molecule has 0 spiro atoms. The number of benzene rings is 1. The average Bonchev–Trinajstić information content (AvgIpc) is 2.35. The van der Waals surface area contributed by atoms with Crippen molar-refractivity contribution in [3.8, 4) is 0 Å². The van der Waals surface area contributed by atoms with Gasteiger partial charge in [-0.25, -0.2) is 17.6 Å². The first kappa shape index (κ1) is 13.8. The van der Waals surface area contributed by atoms with Gasteiger partial charge in [-0.05, 0) is 6.07 Å². The molecule has 104 valence electrons. The average molecular weight is 277 g/mol. The zero-order chi connectivity index (χ0) is 14.2. The van der Waals surface area contributed by atoms with Crippen LogP contribution in [0.5, 0.6) is 0 Å². The number of hydrogen-bond donors (Lipinski definition) is 1. The second kappa shape index (κ2) is 4.80. The zero-order valence-corrected chi connectivity index (χ0v) is 10.0. The van der Waals surface area contributed by atoms with Crippen LogP contribution < -0.4 is 5.32 Å². The molecule has 2 rings (SSSR count). The van der Waals surface area contributed by atoms with E-state index in [1.54, 1.807) is 0 Å². The molecule has 0 aliphatic carbocycles. The van der Waals surface area contributed by atoms with E-state index in [0.717, 1.165) is 0 Å². The first-order chi connectivity index (χ1) is 8.84. The number of amides is 1. The van der Waals surface area contributed by atoms with E-state index in [-0.39, 0.29) is 12.0 Å². The fourth-order valence-corrected chi connectivity index (χ4v) is 1.68. The fraction of sp³-hybridized carbons (Fsp3) is 0.417. The number of carbonyl (C=O) groups is 1. The van der Waals surface area contributed by atoms with Crippen LogP contribution in [0.1, 0.15) is 17.3 Å². The summed E-state index contributed by atoms with van der Waals surface area (Å²) in [6.45, 7) is 2.87. The van der Waals surface area contributed by atoms with Gasteiger partial charge in [0, 0.05) is 12.0 Å². The smallest absolute Gasteiger partial charge is 0.254 e. The van der Waals surface area contributed by atoms with Crippen LogP contribution in [-0.2, 0) is 4.74 Å². The monoisotopic (exact) mass is 277 g/mol. The maximum absolute atomic E-state index is 13.3. The van der Waals surface area contributed by atoms with Crippen molar-refractivity contribution < 1.29 is 27.1 Å². The van der Waals surface area contributed by atoms with Crippen LogP contribution in [0, 0.1) is 28.7 Å². The van der Waals surface area contributed by atoms with Gasteiger partial charge in [0.05, 0.1) is 18.8 Å². The van der Waals surface area contributed by atoms with Crippen molar-refractivity contribution in [1.82, 2.24) is 5.32 Å². The van der Waals surface area contributed by atoms with Crippen LogP contribution in [0.25, 0.3) is 0 Å². The molecule has 1 heterocycles. The van der Waals surface area contributed by atoms with Crippen LogP contribution in [0.3, 0.4) is 0 Å². The Hall–Kier alpha value is -1.63. The van der Waals surface area contributed by atoms with Gasteiger partial charge in [0.25, 0.3) is 5.91 Å². The van der Waals surface area contributed by atoms with Crippen LogP contribution >= 0.6 is 0 Å². The van der Waals surface area contributed by atoms with E-state index in [0.29, 0.717) is 19.3 Å². The molecular weight excluding hydrogens is 266 g/mol. The van der Waals surface area contributed by atoms with Gasteiger partial charge < -0.3 is 10.1 Å². The lowest BCUT2D eigenvalue weighted by Gasteiger charge is -2.38. The molecule has 1 fully saturated rings. The summed E-state index contributed by atoms with van der Waals surface area (Å²) in [5.74, 6) is -8.24. The third kappa shape index (κ3) is 2.56. The minimum atomic E-state index is -2.00. The quantitative estimate of drug-likeness (QED) is 0.521. The van der Waals surface area contributed by atoms with Crippen molar-refractivity contribution in [2.24, 2.45) is 5.41 Å². The highest BCUT2D eigenvalue weighted by Crippen LogP contribution is 2.25. The first-order valence-electron chi connectivity index (χ1n) is 5.53. The second-order valence-corrected chi connectivity index (χ2v) is 4.83. The highest BCUT2D eigenvalue weighted by Gasteiger charge is 2.34. The van der Waals surface area contributed by atoms with E-state index < -0.39 is 34.7 Å². The summed E-state index contributed by atoms with van der Waals surface area (Å²) in [7, 11) is 0. The molecule has 1 aromatic carbocycles. The Bertz CT molecular complexity index is 529. The number of nitrogens with one attached hydrogen (secondary N) is 1. The molecule has 19 heavy (non-hydrogen) atoms. The van der Waals surface area contributed by atoms with Gasteiger partial charge in [0.15, 0.2) is 23.3 Å². The van der Waals surface area contributed by atoms with Gasteiger partial charge in [-0.3, -0.25) is 4.79 Å². The Morgan fingerprint density at radius 2 is 1.89 bits per heavy atom. The standard InChI is InChI=1S/C12H11F4NO2/c1-12(4-19-5-12)3-17-11(18)6-2-7(13)9(15)10(16)8(6)14/h2H,3-5H2,1H3,(H,17,18).